The molecule has 7 heteroatoms. The van der Waals surface area contributed by atoms with Crippen LogP contribution in [0.15, 0.2) is 48.5 Å². The van der Waals surface area contributed by atoms with Crippen molar-refractivity contribution in [1.29, 1.82) is 0 Å². The van der Waals surface area contributed by atoms with Gasteiger partial charge in [-0.3, -0.25) is 9.59 Å². The van der Waals surface area contributed by atoms with Crippen LogP contribution in [0, 0.1) is 5.82 Å². The fourth-order valence-corrected chi connectivity index (χ4v) is 3.19. The number of carbonyl (C=O) groups excluding carboxylic acids is 2. The van der Waals surface area contributed by atoms with Crippen molar-refractivity contribution >= 4 is 28.9 Å². The van der Waals surface area contributed by atoms with E-state index in [-0.39, 0.29) is 18.4 Å². The van der Waals surface area contributed by atoms with Crippen molar-refractivity contribution in [3.05, 3.63) is 54.3 Å². The molecule has 0 spiro atoms. The monoisotopic (exact) mass is 384 g/mol. The topological polar surface area (TPSA) is 55.9 Å². The van der Waals surface area contributed by atoms with Crippen LogP contribution in [0.5, 0.6) is 0 Å². The summed E-state index contributed by atoms with van der Waals surface area (Å²) in [6, 6.07) is 13.3. The van der Waals surface area contributed by atoms with Gasteiger partial charge in [0.1, 0.15) is 12.4 Å². The summed E-state index contributed by atoms with van der Waals surface area (Å²) >= 11 is 0. The van der Waals surface area contributed by atoms with Crippen LogP contribution in [0.2, 0.25) is 0 Å². The maximum atomic E-state index is 13.4. The van der Waals surface area contributed by atoms with E-state index in [1.54, 1.807) is 6.07 Å². The summed E-state index contributed by atoms with van der Waals surface area (Å²) in [6.45, 7) is 5.17. The van der Waals surface area contributed by atoms with Crippen molar-refractivity contribution in [3.63, 3.8) is 0 Å². The number of anilines is 3. The lowest BCUT2D eigenvalue weighted by atomic mass is 10.2. The van der Waals surface area contributed by atoms with Crippen LogP contribution >= 0.6 is 0 Å². The van der Waals surface area contributed by atoms with Crippen LogP contribution in [-0.4, -0.2) is 56.5 Å². The van der Waals surface area contributed by atoms with Gasteiger partial charge in [-0.25, -0.2) is 4.39 Å². The molecule has 0 atom stereocenters. The SMILES string of the molecule is CC(=O)N(CC(=O)Nc1ccc(N2CCN(C)CC2)cc1)c1cccc(F)c1. The van der Waals surface area contributed by atoms with Gasteiger partial charge in [0.2, 0.25) is 11.8 Å². The van der Waals surface area contributed by atoms with E-state index in [2.05, 4.69) is 22.2 Å². The molecule has 1 aliphatic rings. The Morgan fingerprint density at radius 2 is 1.75 bits per heavy atom. The molecule has 2 aromatic carbocycles. The van der Waals surface area contributed by atoms with Crippen LogP contribution < -0.4 is 15.1 Å². The molecular weight excluding hydrogens is 359 g/mol. The minimum absolute atomic E-state index is 0.182. The molecule has 1 fully saturated rings. The zero-order chi connectivity index (χ0) is 20.1. The van der Waals surface area contributed by atoms with Crippen LogP contribution in [-0.2, 0) is 9.59 Å². The standard InChI is InChI=1S/C21H25FN4O2/c1-16(27)26(20-5-3-4-17(22)14-20)15-21(28)23-18-6-8-19(9-7-18)25-12-10-24(2)11-13-25/h3-9,14H,10-13,15H2,1-2H3,(H,23,28). The molecule has 148 valence electrons. The number of amides is 2. The molecule has 1 heterocycles. The summed E-state index contributed by atoms with van der Waals surface area (Å²) in [4.78, 5) is 30.2. The molecule has 1 saturated heterocycles. The number of rotatable bonds is 5. The molecule has 2 aromatic rings. The molecule has 1 N–H and O–H groups in total. The van der Waals surface area contributed by atoms with Gasteiger partial charge >= 0.3 is 0 Å². The highest BCUT2D eigenvalue weighted by atomic mass is 19.1. The molecule has 6 nitrogen and oxygen atoms in total. The number of piperazine rings is 1. The second kappa shape index (κ2) is 8.84. The average Bonchev–Trinajstić information content (AvgIpc) is 2.67. The summed E-state index contributed by atoms with van der Waals surface area (Å²) in [5.41, 5.74) is 2.13. The van der Waals surface area contributed by atoms with Gasteiger partial charge in [-0.1, -0.05) is 6.07 Å². The Balaban J connectivity index is 1.61. The highest BCUT2D eigenvalue weighted by molar-refractivity contribution is 6.01. The van der Waals surface area contributed by atoms with E-state index in [1.807, 2.05) is 24.3 Å². The van der Waals surface area contributed by atoms with Crippen LogP contribution in [0.3, 0.4) is 0 Å². The van der Waals surface area contributed by atoms with Crippen molar-refractivity contribution in [2.45, 2.75) is 6.92 Å². The van der Waals surface area contributed by atoms with Crippen LogP contribution in [0.1, 0.15) is 6.92 Å². The highest BCUT2D eigenvalue weighted by Crippen LogP contribution is 2.20. The number of carbonyl (C=O) groups is 2. The van der Waals surface area contributed by atoms with Crippen LogP contribution in [0.4, 0.5) is 21.5 Å². The number of nitrogens with zero attached hydrogens (tertiary/aromatic N) is 3. The highest BCUT2D eigenvalue weighted by Gasteiger charge is 2.17. The van der Waals surface area contributed by atoms with Gasteiger partial charge < -0.3 is 20.0 Å². The lowest BCUT2D eigenvalue weighted by Crippen LogP contribution is -2.44. The first-order chi connectivity index (χ1) is 13.4. The molecule has 0 radical (unpaired) electrons. The zero-order valence-corrected chi connectivity index (χ0v) is 16.2. The first-order valence-corrected chi connectivity index (χ1v) is 9.29. The molecular formula is C21H25FN4O2. The van der Waals surface area contributed by atoms with E-state index in [1.165, 1.54) is 30.0 Å². The summed E-state index contributed by atoms with van der Waals surface area (Å²) < 4.78 is 13.4. The fraction of sp³-hybridized carbons (Fsp3) is 0.333. The average molecular weight is 384 g/mol. The Hall–Kier alpha value is -2.93. The Kier molecular flexibility index (Phi) is 6.26. The lowest BCUT2D eigenvalue weighted by Gasteiger charge is -2.34. The number of hydrogen-bond donors (Lipinski definition) is 1. The smallest absolute Gasteiger partial charge is 0.244 e. The van der Waals surface area contributed by atoms with Crippen molar-refractivity contribution < 1.29 is 14.0 Å². The predicted octanol–water partition coefficient (Wildman–Crippen LogP) is 2.57. The second-order valence-electron chi connectivity index (χ2n) is 6.97. The molecule has 0 aliphatic carbocycles. The maximum absolute atomic E-state index is 13.4. The molecule has 0 aromatic heterocycles. The molecule has 0 unspecified atom stereocenters. The van der Waals surface area contributed by atoms with Crippen molar-refractivity contribution in [1.82, 2.24) is 4.90 Å². The van der Waals surface area contributed by atoms with Gasteiger partial charge in [0.05, 0.1) is 0 Å². The summed E-state index contributed by atoms with van der Waals surface area (Å²) in [5.74, 6) is -1.12. The Morgan fingerprint density at radius 3 is 2.36 bits per heavy atom. The molecule has 0 saturated carbocycles. The first-order valence-electron chi connectivity index (χ1n) is 9.29. The second-order valence-corrected chi connectivity index (χ2v) is 6.97. The molecule has 28 heavy (non-hydrogen) atoms. The van der Waals surface area contributed by atoms with E-state index in [9.17, 15) is 14.0 Å². The van der Waals surface area contributed by atoms with E-state index < -0.39 is 5.82 Å². The Morgan fingerprint density at radius 1 is 1.07 bits per heavy atom. The van der Waals surface area contributed by atoms with Crippen molar-refractivity contribution in [2.24, 2.45) is 0 Å². The fourth-order valence-electron chi connectivity index (χ4n) is 3.19. The van der Waals surface area contributed by atoms with Gasteiger partial charge in [0.25, 0.3) is 0 Å². The number of nitrogens with one attached hydrogen (secondary N) is 1. The predicted molar refractivity (Wildman–Crippen MR) is 109 cm³/mol. The number of likely N-dealkylation sites (N-methyl/N-ethyl adjacent to an activating group) is 1. The van der Waals surface area contributed by atoms with E-state index in [4.69, 9.17) is 0 Å². The summed E-state index contributed by atoms with van der Waals surface area (Å²) in [6.07, 6.45) is 0. The normalized spacial score (nSPS) is 14.6. The third kappa shape index (κ3) is 5.07. The van der Waals surface area contributed by atoms with Crippen molar-refractivity contribution in [3.8, 4) is 0 Å². The quantitative estimate of drug-likeness (QED) is 0.861. The molecule has 2 amide bonds. The van der Waals surface area contributed by atoms with Crippen molar-refractivity contribution in [2.75, 3.05) is 54.9 Å². The third-order valence-corrected chi connectivity index (χ3v) is 4.82. The van der Waals surface area contributed by atoms with Gasteiger partial charge in [0, 0.05) is 50.2 Å². The number of benzene rings is 2. The van der Waals surface area contributed by atoms with Gasteiger partial charge in [-0.15, -0.1) is 0 Å². The third-order valence-electron chi connectivity index (χ3n) is 4.82. The Bertz CT molecular complexity index is 833. The Labute approximate surface area is 164 Å². The first kappa shape index (κ1) is 19.8. The van der Waals surface area contributed by atoms with Gasteiger partial charge in [0.15, 0.2) is 0 Å². The molecule has 1 aliphatic heterocycles. The minimum Gasteiger partial charge on any atom is -0.369 e. The van der Waals surface area contributed by atoms with Gasteiger partial charge in [-0.2, -0.15) is 0 Å². The zero-order valence-electron chi connectivity index (χ0n) is 16.2. The van der Waals surface area contributed by atoms with Crippen LogP contribution in [0.25, 0.3) is 0 Å². The number of hydrogen-bond acceptors (Lipinski definition) is 4. The molecule has 3 rings (SSSR count). The summed E-state index contributed by atoms with van der Waals surface area (Å²) in [5, 5.41) is 2.80. The van der Waals surface area contributed by atoms with Gasteiger partial charge in [-0.05, 0) is 49.5 Å². The van der Waals surface area contributed by atoms with E-state index >= 15 is 0 Å². The van der Waals surface area contributed by atoms with E-state index in [0.717, 1.165) is 31.9 Å². The maximum Gasteiger partial charge on any atom is 0.244 e. The molecule has 0 bridgehead atoms. The van der Waals surface area contributed by atoms with E-state index in [0.29, 0.717) is 11.4 Å². The largest absolute Gasteiger partial charge is 0.369 e. The minimum atomic E-state index is -0.455. The summed E-state index contributed by atoms with van der Waals surface area (Å²) in [7, 11) is 2.12. The lowest BCUT2D eigenvalue weighted by molar-refractivity contribution is -0.120. The number of halogens is 1.